The predicted octanol–water partition coefficient (Wildman–Crippen LogP) is 4.46. The van der Waals surface area contributed by atoms with E-state index < -0.39 is 17.2 Å². The average Bonchev–Trinajstić information content (AvgIpc) is 2.58. The molecule has 0 saturated carbocycles. The van der Waals surface area contributed by atoms with Crippen LogP contribution in [0.4, 0.5) is 10.1 Å². The van der Waals surface area contributed by atoms with Gasteiger partial charge in [0.15, 0.2) is 0 Å². The van der Waals surface area contributed by atoms with Gasteiger partial charge in [0, 0.05) is 11.6 Å². The summed E-state index contributed by atoms with van der Waals surface area (Å²) in [6, 6.07) is 10.7. The van der Waals surface area contributed by atoms with Crippen LogP contribution in [-0.4, -0.2) is 18.4 Å². The van der Waals surface area contributed by atoms with E-state index in [2.05, 4.69) is 10.6 Å². The van der Waals surface area contributed by atoms with E-state index >= 15 is 0 Å². The molecule has 0 aliphatic rings. The Morgan fingerprint density at radius 1 is 1.04 bits per heavy atom. The molecule has 0 fully saturated rings. The molecule has 0 aliphatic carbocycles. The Hall–Kier alpha value is -2.11. The maximum absolute atomic E-state index is 12.9. The van der Waals surface area contributed by atoms with Crippen molar-refractivity contribution in [2.24, 2.45) is 5.41 Å². The van der Waals surface area contributed by atoms with Gasteiger partial charge in [-0.1, -0.05) is 35.3 Å². The third kappa shape index (κ3) is 5.19. The maximum atomic E-state index is 12.9. The van der Waals surface area contributed by atoms with Gasteiger partial charge in [-0.25, -0.2) is 4.39 Å². The number of benzene rings is 2. The highest BCUT2D eigenvalue weighted by Gasteiger charge is 2.36. The quantitative estimate of drug-likeness (QED) is 0.708. The summed E-state index contributed by atoms with van der Waals surface area (Å²) in [4.78, 5) is 24.9. The summed E-state index contributed by atoms with van der Waals surface area (Å²) in [7, 11) is 0. The van der Waals surface area contributed by atoms with Crippen molar-refractivity contribution in [3.8, 4) is 0 Å². The first kappa shape index (κ1) is 20.2. The second-order valence-electron chi connectivity index (χ2n) is 6.34. The van der Waals surface area contributed by atoms with Crippen molar-refractivity contribution in [2.45, 2.75) is 20.3 Å². The molecule has 2 amide bonds. The fourth-order valence-electron chi connectivity index (χ4n) is 2.16. The van der Waals surface area contributed by atoms with Crippen LogP contribution in [0.1, 0.15) is 19.4 Å². The topological polar surface area (TPSA) is 58.2 Å². The van der Waals surface area contributed by atoms with Gasteiger partial charge in [-0.2, -0.15) is 0 Å². The first-order chi connectivity index (χ1) is 12.2. The Balaban J connectivity index is 1.93. The Bertz CT molecular complexity index is 808. The number of carbonyl (C=O) groups is 2. The maximum Gasteiger partial charge on any atom is 0.239 e. The highest BCUT2D eigenvalue weighted by atomic mass is 35.5. The summed E-state index contributed by atoms with van der Waals surface area (Å²) in [5, 5.41) is 6.11. The van der Waals surface area contributed by atoms with Crippen LogP contribution in [0.3, 0.4) is 0 Å². The zero-order chi connectivity index (χ0) is 19.3. The number of carbonyl (C=O) groups excluding carboxylic acids is 2. The van der Waals surface area contributed by atoms with Crippen LogP contribution < -0.4 is 10.6 Å². The van der Waals surface area contributed by atoms with Gasteiger partial charge in [0.25, 0.3) is 0 Å². The number of rotatable bonds is 6. The summed E-state index contributed by atoms with van der Waals surface area (Å²) in [5.74, 6) is -1.21. The summed E-state index contributed by atoms with van der Waals surface area (Å²) in [6.07, 6.45) is 0.534. The van der Waals surface area contributed by atoms with Gasteiger partial charge in [0.2, 0.25) is 11.8 Å². The SMILES string of the molecule is CC(C)(C(=O)NCCc1ccc(F)cc1)C(=O)Nc1ccc(Cl)cc1Cl. The normalized spacial score (nSPS) is 11.1. The molecule has 2 aromatic carbocycles. The molecule has 0 radical (unpaired) electrons. The Labute approximate surface area is 161 Å². The van der Waals surface area contributed by atoms with E-state index in [9.17, 15) is 14.0 Å². The van der Waals surface area contributed by atoms with Crippen molar-refractivity contribution in [1.82, 2.24) is 5.32 Å². The zero-order valence-electron chi connectivity index (χ0n) is 14.4. The molecule has 2 rings (SSSR count). The number of amides is 2. The summed E-state index contributed by atoms with van der Waals surface area (Å²) in [5.41, 5.74) is -0.0265. The molecule has 0 unspecified atom stereocenters. The van der Waals surface area contributed by atoms with E-state index in [0.717, 1.165) is 5.56 Å². The molecular formula is C19H19Cl2FN2O2. The fraction of sp³-hybridized carbons (Fsp3) is 0.263. The van der Waals surface area contributed by atoms with E-state index in [-0.39, 0.29) is 5.82 Å². The molecule has 4 nitrogen and oxygen atoms in total. The third-order valence-corrected chi connectivity index (χ3v) is 4.47. The van der Waals surface area contributed by atoms with Crippen LogP contribution in [0, 0.1) is 11.2 Å². The minimum Gasteiger partial charge on any atom is -0.355 e. The van der Waals surface area contributed by atoms with E-state index in [4.69, 9.17) is 23.2 Å². The molecule has 0 spiro atoms. The molecule has 2 aromatic rings. The van der Waals surface area contributed by atoms with Gasteiger partial charge in [0.05, 0.1) is 10.7 Å². The first-order valence-electron chi connectivity index (χ1n) is 7.99. The highest BCUT2D eigenvalue weighted by Crippen LogP contribution is 2.27. The molecule has 138 valence electrons. The Morgan fingerprint density at radius 2 is 1.69 bits per heavy atom. The summed E-state index contributed by atoms with van der Waals surface area (Å²) in [6.45, 7) is 3.39. The van der Waals surface area contributed by atoms with Gasteiger partial charge in [-0.3, -0.25) is 9.59 Å². The molecule has 0 bridgehead atoms. The van der Waals surface area contributed by atoms with Crippen molar-refractivity contribution in [1.29, 1.82) is 0 Å². The Kier molecular flexibility index (Phi) is 6.62. The second-order valence-corrected chi connectivity index (χ2v) is 7.18. The lowest BCUT2D eigenvalue weighted by atomic mass is 9.91. The third-order valence-electron chi connectivity index (χ3n) is 3.93. The van der Waals surface area contributed by atoms with Crippen molar-refractivity contribution in [3.63, 3.8) is 0 Å². The molecule has 0 saturated heterocycles. The van der Waals surface area contributed by atoms with Crippen LogP contribution in [0.5, 0.6) is 0 Å². The van der Waals surface area contributed by atoms with Crippen molar-refractivity contribution in [2.75, 3.05) is 11.9 Å². The smallest absolute Gasteiger partial charge is 0.239 e. The molecule has 2 N–H and O–H groups in total. The van der Waals surface area contributed by atoms with Gasteiger partial charge < -0.3 is 10.6 Å². The lowest BCUT2D eigenvalue weighted by Crippen LogP contribution is -2.45. The Morgan fingerprint density at radius 3 is 2.31 bits per heavy atom. The molecular weight excluding hydrogens is 378 g/mol. The lowest BCUT2D eigenvalue weighted by molar-refractivity contribution is -0.138. The molecule has 26 heavy (non-hydrogen) atoms. The van der Waals surface area contributed by atoms with Gasteiger partial charge in [-0.05, 0) is 56.2 Å². The standard InChI is InChI=1S/C19H19Cl2FN2O2/c1-19(2,18(26)24-16-8-5-13(20)11-15(16)21)17(25)23-10-9-12-3-6-14(22)7-4-12/h3-8,11H,9-10H2,1-2H3,(H,23,25)(H,24,26). The summed E-state index contributed by atoms with van der Waals surface area (Å²) < 4.78 is 12.9. The molecule has 0 atom stereocenters. The number of hydrogen-bond donors (Lipinski definition) is 2. The molecule has 0 aliphatic heterocycles. The minimum atomic E-state index is -1.30. The number of nitrogens with one attached hydrogen (secondary N) is 2. The predicted molar refractivity (Wildman–Crippen MR) is 102 cm³/mol. The zero-order valence-corrected chi connectivity index (χ0v) is 15.9. The number of hydrogen-bond acceptors (Lipinski definition) is 2. The molecule has 0 aromatic heterocycles. The van der Waals surface area contributed by atoms with Gasteiger partial charge in [0.1, 0.15) is 11.2 Å². The van der Waals surface area contributed by atoms with E-state index in [1.807, 2.05) is 0 Å². The lowest BCUT2D eigenvalue weighted by Gasteiger charge is -2.23. The van der Waals surface area contributed by atoms with Crippen molar-refractivity contribution in [3.05, 3.63) is 63.9 Å². The first-order valence-corrected chi connectivity index (χ1v) is 8.75. The molecule has 0 heterocycles. The van der Waals surface area contributed by atoms with E-state index in [1.54, 1.807) is 24.3 Å². The highest BCUT2D eigenvalue weighted by molar-refractivity contribution is 6.36. The van der Waals surface area contributed by atoms with Gasteiger partial charge in [-0.15, -0.1) is 0 Å². The van der Waals surface area contributed by atoms with Gasteiger partial charge >= 0.3 is 0 Å². The number of anilines is 1. The van der Waals surface area contributed by atoms with Crippen LogP contribution in [0.2, 0.25) is 10.0 Å². The molecule has 7 heteroatoms. The monoisotopic (exact) mass is 396 g/mol. The van der Waals surface area contributed by atoms with E-state index in [1.165, 1.54) is 32.0 Å². The van der Waals surface area contributed by atoms with Crippen molar-refractivity contribution >= 4 is 40.7 Å². The summed E-state index contributed by atoms with van der Waals surface area (Å²) >= 11 is 11.9. The van der Waals surface area contributed by atoms with Crippen LogP contribution in [0.25, 0.3) is 0 Å². The average molecular weight is 397 g/mol. The minimum absolute atomic E-state index is 0.290. The van der Waals surface area contributed by atoms with Crippen LogP contribution in [-0.2, 0) is 16.0 Å². The van der Waals surface area contributed by atoms with Crippen LogP contribution >= 0.6 is 23.2 Å². The fourth-order valence-corrected chi connectivity index (χ4v) is 2.62. The largest absolute Gasteiger partial charge is 0.355 e. The van der Waals surface area contributed by atoms with Crippen molar-refractivity contribution < 1.29 is 14.0 Å². The van der Waals surface area contributed by atoms with E-state index in [0.29, 0.717) is 28.7 Å². The second kappa shape index (κ2) is 8.52. The number of halogens is 3. The van der Waals surface area contributed by atoms with Crippen LogP contribution in [0.15, 0.2) is 42.5 Å².